The average Bonchev–Trinajstić information content (AvgIpc) is 2.92. The highest BCUT2D eigenvalue weighted by molar-refractivity contribution is 7.89. The molecule has 0 spiro atoms. The van der Waals surface area contributed by atoms with Crippen molar-refractivity contribution in [3.8, 4) is 0 Å². The molecule has 1 aromatic heterocycles. The minimum absolute atomic E-state index is 0.107. The molecule has 4 rings (SSSR count). The van der Waals surface area contributed by atoms with Gasteiger partial charge < -0.3 is 14.3 Å². The molecule has 1 aromatic carbocycles. The summed E-state index contributed by atoms with van der Waals surface area (Å²) in [6, 6.07) is 4.34. The van der Waals surface area contributed by atoms with Gasteiger partial charge in [-0.1, -0.05) is 0 Å². The zero-order valence-corrected chi connectivity index (χ0v) is 16.4. The van der Waals surface area contributed by atoms with Gasteiger partial charge in [0, 0.05) is 32.7 Å². The van der Waals surface area contributed by atoms with Crippen molar-refractivity contribution in [2.75, 3.05) is 45.9 Å². The Morgan fingerprint density at radius 2 is 1.93 bits per heavy atom. The van der Waals surface area contributed by atoms with Gasteiger partial charge in [-0.05, 0) is 37.5 Å². The van der Waals surface area contributed by atoms with Crippen molar-refractivity contribution in [2.45, 2.75) is 29.8 Å². The summed E-state index contributed by atoms with van der Waals surface area (Å²) in [5.74, 6) is -0.618. The number of morpholine rings is 1. The number of rotatable bonds is 4. The maximum Gasteiger partial charge on any atom is 0.417 e. The fraction of sp³-hybridized carbons (Fsp3) is 0.611. The van der Waals surface area contributed by atoms with Crippen LogP contribution in [0.15, 0.2) is 32.3 Å². The maximum absolute atomic E-state index is 13.1. The third-order valence-corrected chi connectivity index (χ3v) is 7.42. The minimum atomic E-state index is -3.73. The third-order valence-electron chi connectivity index (χ3n) is 5.53. The Labute approximate surface area is 162 Å². The lowest BCUT2D eigenvalue weighted by molar-refractivity contribution is -0.0385. The van der Waals surface area contributed by atoms with E-state index in [1.165, 1.54) is 22.5 Å². The number of fused-ring (bicyclic) bond motifs is 1. The van der Waals surface area contributed by atoms with E-state index in [4.69, 9.17) is 9.15 Å². The highest BCUT2D eigenvalue weighted by Crippen LogP contribution is 2.28. The Kier molecular flexibility index (Phi) is 5.32. The highest BCUT2D eigenvalue weighted by atomic mass is 32.2. The number of sulfonamides is 1. The SMILES string of the molecule is O=c1[nH]c2cc(S(=O)(=O)N3CCC[C@](O)(CN4CCOCC4)CC3)ccc2o1. The Balaban J connectivity index is 1.49. The molecule has 2 saturated heterocycles. The fourth-order valence-corrected chi connectivity index (χ4v) is 5.47. The van der Waals surface area contributed by atoms with E-state index in [1.54, 1.807) is 0 Å². The van der Waals surface area contributed by atoms with Crippen LogP contribution in [0.3, 0.4) is 0 Å². The molecule has 1 atom stereocenters. The van der Waals surface area contributed by atoms with Crippen LogP contribution in [-0.2, 0) is 14.8 Å². The number of β-amino-alcohol motifs (C(OH)–C–C–N with tert-alkyl or cyclic N) is 1. The summed E-state index contributed by atoms with van der Waals surface area (Å²) in [5.41, 5.74) is -0.231. The van der Waals surface area contributed by atoms with Crippen LogP contribution >= 0.6 is 0 Å². The van der Waals surface area contributed by atoms with Crippen LogP contribution < -0.4 is 5.76 Å². The largest absolute Gasteiger partial charge is 0.417 e. The second kappa shape index (κ2) is 7.60. The van der Waals surface area contributed by atoms with Gasteiger partial charge in [0.05, 0.1) is 29.2 Å². The van der Waals surface area contributed by atoms with E-state index in [9.17, 15) is 18.3 Å². The summed E-state index contributed by atoms with van der Waals surface area (Å²) in [6.45, 7) is 4.04. The van der Waals surface area contributed by atoms with Crippen molar-refractivity contribution in [2.24, 2.45) is 0 Å². The van der Waals surface area contributed by atoms with E-state index in [0.29, 0.717) is 56.7 Å². The number of aromatic amines is 1. The van der Waals surface area contributed by atoms with Crippen LogP contribution in [0.5, 0.6) is 0 Å². The van der Waals surface area contributed by atoms with E-state index in [-0.39, 0.29) is 11.4 Å². The van der Waals surface area contributed by atoms with Gasteiger partial charge in [-0.2, -0.15) is 4.31 Å². The van der Waals surface area contributed by atoms with Crippen molar-refractivity contribution in [1.82, 2.24) is 14.2 Å². The molecule has 2 aliphatic heterocycles. The molecule has 2 aromatic rings. The number of H-pyrrole nitrogens is 1. The monoisotopic (exact) mass is 411 g/mol. The lowest BCUT2D eigenvalue weighted by Crippen LogP contribution is -2.48. The summed E-state index contributed by atoms with van der Waals surface area (Å²) < 4.78 is 37.9. The molecule has 2 fully saturated rings. The number of oxazole rings is 1. The molecule has 9 nitrogen and oxygen atoms in total. The predicted molar refractivity (Wildman–Crippen MR) is 102 cm³/mol. The van der Waals surface area contributed by atoms with Crippen LogP contribution in [0.25, 0.3) is 11.1 Å². The molecule has 0 saturated carbocycles. The van der Waals surface area contributed by atoms with Gasteiger partial charge in [-0.25, -0.2) is 13.2 Å². The number of hydrogen-bond donors (Lipinski definition) is 2. The highest BCUT2D eigenvalue weighted by Gasteiger charge is 2.36. The lowest BCUT2D eigenvalue weighted by atomic mass is 9.94. The first-order valence-corrected chi connectivity index (χ1v) is 11.0. The fourth-order valence-electron chi connectivity index (χ4n) is 3.97. The maximum atomic E-state index is 13.1. The van der Waals surface area contributed by atoms with Crippen LogP contribution in [-0.4, -0.2) is 79.3 Å². The van der Waals surface area contributed by atoms with Gasteiger partial charge in [0.25, 0.3) is 0 Å². The number of nitrogens with zero attached hydrogens (tertiary/aromatic N) is 2. The average molecular weight is 411 g/mol. The van der Waals surface area contributed by atoms with Gasteiger partial charge in [0.15, 0.2) is 5.58 Å². The van der Waals surface area contributed by atoms with Gasteiger partial charge in [0.2, 0.25) is 10.0 Å². The molecular weight excluding hydrogens is 386 g/mol. The Morgan fingerprint density at radius 1 is 1.14 bits per heavy atom. The standard InChI is InChI=1S/C18H25N3O6S/c22-17-19-15-12-14(2-3-16(15)27-17)28(24,25)21-6-1-4-18(23,5-7-21)13-20-8-10-26-11-9-20/h2-3,12,23H,1,4-11,13H2,(H,19,22)/t18-/m1/s1. The van der Waals surface area contributed by atoms with Crippen molar-refractivity contribution >= 4 is 21.1 Å². The molecule has 28 heavy (non-hydrogen) atoms. The summed E-state index contributed by atoms with van der Waals surface area (Å²) in [7, 11) is -3.73. The van der Waals surface area contributed by atoms with Gasteiger partial charge in [-0.3, -0.25) is 9.88 Å². The molecule has 0 amide bonds. The first-order valence-electron chi connectivity index (χ1n) is 9.51. The summed E-state index contributed by atoms with van der Waals surface area (Å²) in [4.78, 5) is 16.1. The van der Waals surface area contributed by atoms with Gasteiger partial charge >= 0.3 is 5.76 Å². The van der Waals surface area contributed by atoms with Crippen LogP contribution in [0.4, 0.5) is 0 Å². The number of aromatic nitrogens is 1. The first-order chi connectivity index (χ1) is 13.4. The van der Waals surface area contributed by atoms with Crippen molar-refractivity contribution in [3.63, 3.8) is 0 Å². The minimum Gasteiger partial charge on any atom is -0.408 e. The second-order valence-corrected chi connectivity index (χ2v) is 9.48. The lowest BCUT2D eigenvalue weighted by Gasteiger charge is -2.35. The molecule has 154 valence electrons. The number of benzene rings is 1. The zero-order chi connectivity index (χ0) is 19.8. The van der Waals surface area contributed by atoms with Crippen molar-refractivity contribution < 1.29 is 22.7 Å². The molecule has 3 heterocycles. The molecule has 0 aliphatic carbocycles. The summed E-state index contributed by atoms with van der Waals surface area (Å²) in [5, 5.41) is 11.0. The quantitative estimate of drug-likeness (QED) is 0.746. The first kappa shape index (κ1) is 19.6. The Hall–Kier alpha value is -1.72. The molecule has 10 heteroatoms. The normalized spacial score (nSPS) is 25.8. The molecule has 2 N–H and O–H groups in total. The molecule has 2 aliphatic rings. The number of hydrogen-bond acceptors (Lipinski definition) is 7. The van der Waals surface area contributed by atoms with Crippen molar-refractivity contribution in [3.05, 3.63) is 28.7 Å². The Bertz CT molecular complexity index is 994. The van der Waals surface area contributed by atoms with Gasteiger partial charge in [0.1, 0.15) is 0 Å². The van der Waals surface area contributed by atoms with E-state index in [2.05, 4.69) is 9.88 Å². The molecule has 0 radical (unpaired) electrons. The summed E-state index contributed by atoms with van der Waals surface area (Å²) >= 11 is 0. The van der Waals surface area contributed by atoms with Gasteiger partial charge in [-0.15, -0.1) is 0 Å². The smallest absolute Gasteiger partial charge is 0.408 e. The number of nitrogens with one attached hydrogen (secondary N) is 1. The number of ether oxygens (including phenoxy) is 1. The second-order valence-electron chi connectivity index (χ2n) is 7.54. The zero-order valence-electron chi connectivity index (χ0n) is 15.6. The van der Waals surface area contributed by atoms with E-state index in [1.807, 2.05) is 0 Å². The predicted octanol–water partition coefficient (Wildman–Crippen LogP) is 0.359. The van der Waals surface area contributed by atoms with Crippen LogP contribution in [0, 0.1) is 0 Å². The van der Waals surface area contributed by atoms with Crippen molar-refractivity contribution in [1.29, 1.82) is 0 Å². The summed E-state index contributed by atoms with van der Waals surface area (Å²) in [6.07, 6.45) is 1.53. The number of aliphatic hydroxyl groups is 1. The topological polar surface area (TPSA) is 116 Å². The molecule has 0 bridgehead atoms. The van der Waals surface area contributed by atoms with E-state index >= 15 is 0 Å². The molecule has 0 unspecified atom stereocenters. The van der Waals surface area contributed by atoms with E-state index in [0.717, 1.165) is 13.1 Å². The third kappa shape index (κ3) is 4.01. The van der Waals surface area contributed by atoms with E-state index < -0.39 is 21.4 Å². The molecular formula is C18H25N3O6S. The Morgan fingerprint density at radius 3 is 2.71 bits per heavy atom. The van der Waals surface area contributed by atoms with Crippen LogP contribution in [0.2, 0.25) is 0 Å². The van der Waals surface area contributed by atoms with Crippen LogP contribution in [0.1, 0.15) is 19.3 Å².